The van der Waals surface area contributed by atoms with Gasteiger partial charge in [-0.15, -0.1) is 0 Å². The highest BCUT2D eigenvalue weighted by Crippen LogP contribution is 2.22. The highest BCUT2D eigenvalue weighted by atomic mass is 16.4. The Bertz CT molecular complexity index is 2670. The van der Waals surface area contributed by atoms with Crippen LogP contribution < -0.4 is 58.9 Å². The largest absolute Gasteiger partial charge is 0.508 e. The fourth-order valence-electron chi connectivity index (χ4n) is 8.55. The van der Waals surface area contributed by atoms with Crippen LogP contribution in [0.3, 0.4) is 0 Å². The second-order valence-electron chi connectivity index (χ2n) is 20.8. The number of primary amides is 1. The van der Waals surface area contributed by atoms with Crippen LogP contribution in [0.4, 0.5) is 0 Å². The molecule has 0 saturated carbocycles. The number of aromatic hydroxyl groups is 1. The Morgan fingerprint density at radius 1 is 0.581 bits per heavy atom. The smallest absolute Gasteiger partial charge is 0.305 e. The van der Waals surface area contributed by atoms with Gasteiger partial charge in [0.25, 0.3) is 5.91 Å². The zero-order valence-electron chi connectivity index (χ0n) is 48.4. The van der Waals surface area contributed by atoms with E-state index in [2.05, 4.69) is 53.2 Å². The summed E-state index contributed by atoms with van der Waals surface area (Å²) in [7, 11) is 0. The van der Waals surface area contributed by atoms with E-state index in [1.54, 1.807) is 34.6 Å². The van der Waals surface area contributed by atoms with Crippen molar-refractivity contribution in [1.29, 1.82) is 0 Å². The Labute approximate surface area is 493 Å². The van der Waals surface area contributed by atoms with Gasteiger partial charge in [0.05, 0.1) is 32.2 Å². The number of carbonyl (C=O) groups is 16. The van der Waals surface area contributed by atoms with Gasteiger partial charge in [0.2, 0.25) is 70.8 Å². The van der Waals surface area contributed by atoms with Crippen molar-refractivity contribution < 1.29 is 102 Å². The molecule has 1 aliphatic heterocycles. The third-order valence-electron chi connectivity index (χ3n) is 13.1. The van der Waals surface area contributed by atoms with Gasteiger partial charge in [0.1, 0.15) is 54.1 Å². The summed E-state index contributed by atoms with van der Waals surface area (Å²) < 4.78 is 0. The first-order valence-corrected chi connectivity index (χ1v) is 27.4. The van der Waals surface area contributed by atoms with Gasteiger partial charge in [0.15, 0.2) is 0 Å². The average molecular weight is 1220 g/mol. The Hall–Kier alpha value is -9.30. The summed E-state index contributed by atoms with van der Waals surface area (Å²) in [6.45, 7) is 6.23. The molecule has 0 bridgehead atoms. The summed E-state index contributed by atoms with van der Waals surface area (Å²) in [6, 6.07) is -8.19. The van der Waals surface area contributed by atoms with Crippen molar-refractivity contribution in [3.05, 3.63) is 29.8 Å². The van der Waals surface area contributed by atoms with Gasteiger partial charge in [-0.1, -0.05) is 53.2 Å². The number of benzene rings is 1. The molecule has 476 valence electrons. The van der Waals surface area contributed by atoms with E-state index in [-0.39, 0.29) is 50.8 Å². The van der Waals surface area contributed by atoms with Crippen molar-refractivity contribution in [3.8, 4) is 5.75 Å². The number of nitrogens with zero attached hydrogens (tertiary/aromatic N) is 1. The summed E-state index contributed by atoms with van der Waals surface area (Å²) in [5.41, 5.74) is 5.55. The lowest BCUT2D eigenvalue weighted by molar-refractivity contribution is -0.144. The van der Waals surface area contributed by atoms with Gasteiger partial charge in [-0.3, -0.25) is 76.7 Å². The minimum Gasteiger partial charge on any atom is -0.508 e. The lowest BCUT2D eigenvalue weighted by Gasteiger charge is -2.33. The van der Waals surface area contributed by atoms with Crippen molar-refractivity contribution in [3.63, 3.8) is 0 Å². The summed E-state index contributed by atoms with van der Waals surface area (Å²) in [4.78, 5) is 207. The predicted molar refractivity (Wildman–Crippen MR) is 296 cm³/mol. The maximum absolute atomic E-state index is 14.3. The number of aliphatic hydroxyl groups is 1. The second kappa shape index (κ2) is 35.8. The van der Waals surface area contributed by atoms with E-state index in [9.17, 15) is 97.1 Å². The number of Topliss-reactive ketones (excluding diaryl/α,β-unsaturated/α-hetero) is 1. The second-order valence-corrected chi connectivity index (χ2v) is 20.8. The maximum atomic E-state index is 14.3. The summed E-state index contributed by atoms with van der Waals surface area (Å²) >= 11 is 0. The van der Waals surface area contributed by atoms with E-state index in [0.29, 0.717) is 5.56 Å². The lowest BCUT2D eigenvalue weighted by atomic mass is 9.98. The van der Waals surface area contributed by atoms with Crippen molar-refractivity contribution in [2.75, 3.05) is 26.2 Å². The van der Waals surface area contributed by atoms with Gasteiger partial charge < -0.3 is 89.3 Å². The van der Waals surface area contributed by atoms with Gasteiger partial charge >= 0.3 is 17.9 Å². The number of phenolic OH excluding ortho intramolecular Hbond substituents is 1. The highest BCUT2D eigenvalue weighted by molar-refractivity contribution is 6.38. The average Bonchev–Trinajstić information content (AvgIpc) is 4.16. The fourth-order valence-corrected chi connectivity index (χ4v) is 8.55. The Balaban J connectivity index is 2.14. The summed E-state index contributed by atoms with van der Waals surface area (Å²) in [6.07, 6.45) is -2.88. The highest BCUT2D eigenvalue weighted by Gasteiger charge is 2.42. The topological polar surface area (TPSA) is 524 Å². The number of amides is 12. The number of ketones is 1. The number of nitrogens with one attached hydrogen (secondary N) is 10. The number of carboxylic acid groups (broad SMARTS) is 3. The maximum Gasteiger partial charge on any atom is 0.305 e. The molecule has 1 aliphatic rings. The van der Waals surface area contributed by atoms with Gasteiger partial charge in [-0.2, -0.15) is 0 Å². The van der Waals surface area contributed by atoms with Crippen molar-refractivity contribution in [2.45, 2.75) is 160 Å². The molecule has 1 aromatic rings. The van der Waals surface area contributed by atoms with Gasteiger partial charge in [-0.05, 0) is 61.6 Å². The molecule has 33 heteroatoms. The number of nitrogens with two attached hydrogens (primary N) is 1. The molecule has 0 spiro atoms. The van der Waals surface area contributed by atoms with E-state index in [0.717, 1.165) is 6.92 Å². The van der Waals surface area contributed by atoms with E-state index >= 15 is 0 Å². The Morgan fingerprint density at radius 3 is 1.62 bits per heavy atom. The van der Waals surface area contributed by atoms with Crippen LogP contribution in [0.1, 0.15) is 105 Å². The fraction of sp³-hybridized carbons (Fsp3) is 0.585. The number of carbonyl (C=O) groups excluding carboxylic acids is 13. The van der Waals surface area contributed by atoms with Crippen LogP contribution in [0.2, 0.25) is 0 Å². The molecule has 17 N–H and O–H groups in total. The number of carboxylic acids is 3. The molecule has 1 heterocycles. The molecule has 1 unspecified atom stereocenters. The molecule has 0 aliphatic carbocycles. The molecular formula is C53H78N12O21. The van der Waals surface area contributed by atoms with Crippen molar-refractivity contribution >= 4 is 94.6 Å². The number of hydrogen-bond acceptors (Lipinski definition) is 18. The molecule has 2 rings (SSSR count). The number of phenols is 1. The third-order valence-corrected chi connectivity index (χ3v) is 13.1. The van der Waals surface area contributed by atoms with E-state index in [4.69, 9.17) is 10.8 Å². The third kappa shape index (κ3) is 24.9. The first kappa shape index (κ1) is 72.8. The SMILES string of the molecule is CCC[C@H](NC(=O)C1CCCN1C(=O)[C@@H](NC(=O)[C@@H](NC(=O)[C@H](CCC(=O)O)NC(=O)[C@H](CCC(=O)O)NC(C)=O)C(C)C)C(C)C)C(=O)C(=O)NCC(=O)NCC(=O)N[C@H](CC(=O)O)C(=O)N[C@@H](Cc1ccc(O)cc1)C(=O)N[C@@H](CO)C(N)=O. The van der Waals surface area contributed by atoms with Crippen LogP contribution >= 0.6 is 0 Å². The number of aliphatic carboxylic acids is 3. The van der Waals surface area contributed by atoms with E-state index < -0.39 is 206 Å². The van der Waals surface area contributed by atoms with E-state index in [1.165, 1.54) is 29.2 Å². The number of hydrogen-bond donors (Lipinski definition) is 16. The molecular weight excluding hydrogens is 1140 g/mol. The molecule has 1 saturated heterocycles. The van der Waals surface area contributed by atoms with Crippen molar-refractivity contribution in [1.82, 2.24) is 58.1 Å². The Kier molecular flexibility index (Phi) is 30.3. The number of likely N-dealkylation sites (tertiary alicyclic amines) is 1. The first-order valence-electron chi connectivity index (χ1n) is 27.4. The molecule has 1 fully saturated rings. The molecule has 0 aromatic heterocycles. The van der Waals surface area contributed by atoms with Crippen LogP contribution in [0.5, 0.6) is 5.75 Å². The van der Waals surface area contributed by atoms with Crippen LogP contribution in [0.15, 0.2) is 24.3 Å². The van der Waals surface area contributed by atoms with Crippen LogP contribution in [-0.2, 0) is 83.1 Å². The van der Waals surface area contributed by atoms with Gasteiger partial charge in [-0.25, -0.2) is 0 Å². The zero-order valence-corrected chi connectivity index (χ0v) is 48.4. The first-order chi connectivity index (χ1) is 40.3. The molecule has 0 radical (unpaired) electrons. The number of rotatable bonds is 37. The molecule has 12 amide bonds. The summed E-state index contributed by atoms with van der Waals surface area (Å²) in [5, 5.41) is 70.1. The summed E-state index contributed by atoms with van der Waals surface area (Å²) in [5.74, 6) is -19.0. The quantitative estimate of drug-likeness (QED) is 0.0276. The number of aliphatic hydroxyl groups excluding tert-OH is 1. The molecule has 33 nitrogen and oxygen atoms in total. The monoisotopic (exact) mass is 1220 g/mol. The van der Waals surface area contributed by atoms with Crippen LogP contribution in [-0.4, -0.2) is 206 Å². The van der Waals surface area contributed by atoms with E-state index in [1.807, 2.05) is 0 Å². The van der Waals surface area contributed by atoms with Crippen LogP contribution in [0.25, 0.3) is 0 Å². The molecule has 1 aromatic carbocycles. The Morgan fingerprint density at radius 2 is 1.09 bits per heavy atom. The van der Waals surface area contributed by atoms with Crippen LogP contribution in [0, 0.1) is 11.8 Å². The standard InChI is InChI=1S/C53H78N12O21/c1-7-9-30(44(77)52(85)56-22-37(69)55-23-38(70)58-34(21-41(75)76)49(82)61-33(20-28-11-13-29(68)14-12-28)48(81)62-35(24-66)45(54)78)59-50(83)36-10-8-19-65(36)53(86)43(26(4)5)64-51(84)42(25(2)3)63-47(80)32(16-18-40(73)74)60-46(79)31(57-27(6)67)15-17-39(71)72/h11-14,25-26,30-36,42-43,66,68H,7-10,15-24H2,1-6H3,(H2,54,78)(H,55,69)(H,56,85)(H,57,67)(H,58,70)(H,59,83)(H,60,79)(H,61,82)(H,62,81)(H,63,80)(H,64,84)(H,71,72)(H,73,74)(H,75,76)/t30-,31-,32-,33-,34+,35-,36?,42-,43-/m0/s1. The lowest BCUT2D eigenvalue weighted by Crippen LogP contribution is -2.61. The van der Waals surface area contributed by atoms with Crippen molar-refractivity contribution in [2.24, 2.45) is 17.6 Å². The zero-order chi connectivity index (χ0) is 65.1. The minimum atomic E-state index is -1.88. The minimum absolute atomic E-state index is 0.0120. The normalized spacial score (nSPS) is 15.5. The predicted octanol–water partition coefficient (Wildman–Crippen LogP) is -5.58. The van der Waals surface area contributed by atoms with Gasteiger partial charge in [0, 0.05) is 32.7 Å². The molecule has 86 heavy (non-hydrogen) atoms. The molecule has 9 atom stereocenters.